The smallest absolute Gasteiger partial charge is 0.341 e. The Balaban J connectivity index is 2.04. The van der Waals surface area contributed by atoms with Gasteiger partial charge in [0.05, 0.1) is 18.6 Å². The molecular formula is C14H15NO3S. The Bertz CT molecular complexity index is 565. The van der Waals surface area contributed by atoms with Crippen LogP contribution in [0.3, 0.4) is 0 Å². The summed E-state index contributed by atoms with van der Waals surface area (Å²) < 4.78 is 10.3. The monoisotopic (exact) mass is 277 g/mol. The number of carbonyl (C=O) groups is 1. The van der Waals surface area contributed by atoms with E-state index in [9.17, 15) is 4.79 Å². The number of benzene rings is 1. The van der Waals surface area contributed by atoms with Gasteiger partial charge in [0.2, 0.25) is 0 Å². The van der Waals surface area contributed by atoms with Gasteiger partial charge in [0, 0.05) is 10.6 Å². The second-order valence-corrected chi connectivity index (χ2v) is 4.89. The normalized spacial score (nSPS) is 10.4. The molecule has 4 nitrogen and oxygen atoms in total. The summed E-state index contributed by atoms with van der Waals surface area (Å²) in [5.74, 6) is 0.829. The van der Waals surface area contributed by atoms with E-state index in [-0.39, 0.29) is 5.97 Å². The van der Waals surface area contributed by atoms with E-state index in [1.807, 2.05) is 24.3 Å². The molecule has 0 aliphatic rings. The Morgan fingerprint density at radius 3 is 3.00 bits per heavy atom. The summed E-state index contributed by atoms with van der Waals surface area (Å²) in [5, 5.41) is 0. The average molecular weight is 277 g/mol. The first-order valence-electron chi connectivity index (χ1n) is 5.92. The Hall–Kier alpha value is -1.88. The summed E-state index contributed by atoms with van der Waals surface area (Å²) in [7, 11) is 0. The van der Waals surface area contributed by atoms with Crippen molar-refractivity contribution in [1.82, 2.24) is 0 Å². The molecule has 0 amide bonds. The highest BCUT2D eigenvalue weighted by atomic mass is 32.2. The lowest BCUT2D eigenvalue weighted by atomic mass is 10.3. The maximum absolute atomic E-state index is 11.7. The van der Waals surface area contributed by atoms with Crippen molar-refractivity contribution >= 4 is 23.4 Å². The molecule has 1 aromatic carbocycles. The van der Waals surface area contributed by atoms with Crippen molar-refractivity contribution in [3.63, 3.8) is 0 Å². The molecule has 0 aliphatic heterocycles. The quantitative estimate of drug-likeness (QED) is 0.516. The number of esters is 1. The summed E-state index contributed by atoms with van der Waals surface area (Å²) in [6, 6.07) is 9.21. The molecule has 2 aromatic rings. The maximum Gasteiger partial charge on any atom is 0.341 e. The fraction of sp³-hybridized carbons (Fsp3) is 0.214. The van der Waals surface area contributed by atoms with Crippen molar-refractivity contribution in [1.29, 1.82) is 0 Å². The van der Waals surface area contributed by atoms with Crippen molar-refractivity contribution in [2.24, 2.45) is 0 Å². The summed E-state index contributed by atoms with van der Waals surface area (Å²) in [6.07, 6.45) is 1.50. The predicted molar refractivity (Wildman–Crippen MR) is 75.1 cm³/mol. The third-order valence-electron chi connectivity index (χ3n) is 2.47. The van der Waals surface area contributed by atoms with E-state index in [4.69, 9.17) is 14.9 Å². The molecule has 2 N–H and O–H groups in total. The Morgan fingerprint density at radius 2 is 2.26 bits per heavy atom. The lowest BCUT2D eigenvalue weighted by Crippen LogP contribution is -2.05. The molecule has 1 aromatic heterocycles. The van der Waals surface area contributed by atoms with E-state index in [1.165, 1.54) is 6.26 Å². The van der Waals surface area contributed by atoms with Crippen molar-refractivity contribution in [2.75, 3.05) is 12.3 Å². The van der Waals surface area contributed by atoms with Gasteiger partial charge in [0.25, 0.3) is 0 Å². The number of furan rings is 1. The van der Waals surface area contributed by atoms with Crippen molar-refractivity contribution in [3.05, 3.63) is 47.9 Å². The van der Waals surface area contributed by atoms with Crippen LogP contribution in [0.5, 0.6) is 0 Å². The second kappa shape index (κ2) is 6.33. The van der Waals surface area contributed by atoms with Crippen LogP contribution in [0.2, 0.25) is 0 Å². The number of thioether (sulfide) groups is 1. The van der Waals surface area contributed by atoms with E-state index in [0.717, 1.165) is 10.6 Å². The molecule has 0 fully saturated rings. The molecule has 0 radical (unpaired) electrons. The molecule has 19 heavy (non-hydrogen) atoms. The summed E-state index contributed by atoms with van der Waals surface area (Å²) >= 11 is 1.56. The van der Waals surface area contributed by atoms with Gasteiger partial charge in [0.1, 0.15) is 11.3 Å². The third kappa shape index (κ3) is 3.54. The Morgan fingerprint density at radius 1 is 1.42 bits per heavy atom. The highest BCUT2D eigenvalue weighted by Gasteiger charge is 2.15. The van der Waals surface area contributed by atoms with Gasteiger partial charge in [-0.1, -0.05) is 6.07 Å². The molecule has 0 aliphatic carbocycles. The van der Waals surface area contributed by atoms with Crippen LogP contribution in [0.15, 0.2) is 45.9 Å². The van der Waals surface area contributed by atoms with Gasteiger partial charge >= 0.3 is 5.97 Å². The standard InChI is InChI=1S/C14H15NO3S/c1-2-17-14(16)12-6-7-18-13(12)9-19-11-5-3-4-10(15)8-11/h3-8H,2,9,15H2,1H3. The molecule has 0 saturated heterocycles. The first-order valence-corrected chi connectivity index (χ1v) is 6.91. The highest BCUT2D eigenvalue weighted by molar-refractivity contribution is 7.98. The Labute approximate surface area is 115 Å². The summed E-state index contributed by atoms with van der Waals surface area (Å²) in [5.41, 5.74) is 6.92. The number of rotatable bonds is 5. The minimum Gasteiger partial charge on any atom is -0.468 e. The van der Waals surface area contributed by atoms with E-state index in [2.05, 4.69) is 0 Å². The van der Waals surface area contributed by atoms with E-state index in [1.54, 1.807) is 24.8 Å². The van der Waals surface area contributed by atoms with Gasteiger partial charge in [0.15, 0.2) is 0 Å². The number of hydrogen-bond acceptors (Lipinski definition) is 5. The summed E-state index contributed by atoms with van der Waals surface area (Å²) in [4.78, 5) is 12.7. The molecule has 0 unspecified atom stereocenters. The SMILES string of the molecule is CCOC(=O)c1ccoc1CSc1cccc(N)c1. The average Bonchev–Trinajstić information content (AvgIpc) is 2.85. The van der Waals surface area contributed by atoms with Crippen LogP contribution in [0.4, 0.5) is 5.69 Å². The van der Waals surface area contributed by atoms with Gasteiger partial charge in [-0.2, -0.15) is 0 Å². The second-order valence-electron chi connectivity index (χ2n) is 3.84. The lowest BCUT2D eigenvalue weighted by Gasteiger charge is -2.03. The topological polar surface area (TPSA) is 65.5 Å². The van der Waals surface area contributed by atoms with Crippen molar-refractivity contribution in [3.8, 4) is 0 Å². The molecular weight excluding hydrogens is 262 g/mol. The number of nitrogen functional groups attached to an aromatic ring is 1. The van der Waals surface area contributed by atoms with Gasteiger partial charge in [-0.25, -0.2) is 4.79 Å². The van der Waals surface area contributed by atoms with Gasteiger partial charge < -0.3 is 14.9 Å². The number of ether oxygens (including phenoxy) is 1. The third-order valence-corrected chi connectivity index (χ3v) is 3.46. The molecule has 0 atom stereocenters. The number of carbonyl (C=O) groups excluding carboxylic acids is 1. The first kappa shape index (κ1) is 13.5. The predicted octanol–water partition coefficient (Wildman–Crippen LogP) is 3.33. The number of hydrogen-bond donors (Lipinski definition) is 1. The molecule has 2 rings (SSSR count). The van der Waals surface area contributed by atoms with Crippen molar-refractivity contribution in [2.45, 2.75) is 17.6 Å². The zero-order valence-corrected chi connectivity index (χ0v) is 11.4. The van der Waals surface area contributed by atoms with Gasteiger partial charge in [-0.3, -0.25) is 0 Å². The minimum absolute atomic E-state index is 0.348. The maximum atomic E-state index is 11.7. The van der Waals surface area contributed by atoms with Crippen LogP contribution < -0.4 is 5.73 Å². The molecule has 1 heterocycles. The van der Waals surface area contributed by atoms with E-state index < -0.39 is 0 Å². The van der Waals surface area contributed by atoms with E-state index in [0.29, 0.717) is 23.7 Å². The van der Waals surface area contributed by atoms with Crippen molar-refractivity contribution < 1.29 is 13.9 Å². The molecule has 100 valence electrons. The Kier molecular flexibility index (Phi) is 4.52. The lowest BCUT2D eigenvalue weighted by molar-refractivity contribution is 0.0524. The van der Waals surface area contributed by atoms with Crippen LogP contribution in [0.1, 0.15) is 23.0 Å². The van der Waals surface area contributed by atoms with Crippen LogP contribution in [0.25, 0.3) is 0 Å². The van der Waals surface area contributed by atoms with Crippen LogP contribution >= 0.6 is 11.8 Å². The highest BCUT2D eigenvalue weighted by Crippen LogP contribution is 2.26. The van der Waals surface area contributed by atoms with Crippen LogP contribution in [-0.2, 0) is 10.5 Å². The largest absolute Gasteiger partial charge is 0.468 e. The number of anilines is 1. The minimum atomic E-state index is -0.348. The van der Waals surface area contributed by atoms with Crippen LogP contribution in [0, 0.1) is 0 Å². The fourth-order valence-corrected chi connectivity index (χ4v) is 2.51. The summed E-state index contributed by atoms with van der Waals surface area (Å²) in [6.45, 7) is 2.13. The number of nitrogens with two attached hydrogens (primary N) is 1. The molecule has 0 spiro atoms. The fourth-order valence-electron chi connectivity index (χ4n) is 1.60. The van der Waals surface area contributed by atoms with E-state index >= 15 is 0 Å². The zero-order valence-electron chi connectivity index (χ0n) is 10.6. The van der Waals surface area contributed by atoms with Gasteiger partial charge in [-0.05, 0) is 31.2 Å². The zero-order chi connectivity index (χ0) is 13.7. The van der Waals surface area contributed by atoms with Crippen LogP contribution in [-0.4, -0.2) is 12.6 Å². The van der Waals surface area contributed by atoms with Gasteiger partial charge in [-0.15, -0.1) is 11.8 Å². The first-order chi connectivity index (χ1) is 9.20. The molecule has 5 heteroatoms. The molecule has 0 bridgehead atoms. The molecule has 0 saturated carbocycles.